The van der Waals surface area contributed by atoms with Crippen molar-refractivity contribution in [1.82, 2.24) is 14.6 Å². The maximum absolute atomic E-state index is 12.6. The van der Waals surface area contributed by atoms with Crippen molar-refractivity contribution in [3.05, 3.63) is 23.4 Å². The summed E-state index contributed by atoms with van der Waals surface area (Å²) in [6, 6.07) is 2.35. The van der Waals surface area contributed by atoms with E-state index in [1.54, 1.807) is 0 Å². The second kappa shape index (κ2) is 11.2. The van der Waals surface area contributed by atoms with Crippen LogP contribution in [-0.4, -0.2) is 78.8 Å². The number of carboxylic acid groups (broad SMARTS) is 1. The number of fused-ring (bicyclic) bond motifs is 1. The van der Waals surface area contributed by atoms with E-state index in [4.69, 9.17) is 9.72 Å². The Hall–Kier alpha value is -2.24. The van der Waals surface area contributed by atoms with E-state index in [1.165, 1.54) is 5.56 Å². The van der Waals surface area contributed by atoms with Gasteiger partial charge >= 0.3 is 5.97 Å². The van der Waals surface area contributed by atoms with Crippen LogP contribution >= 0.6 is 0 Å². The Labute approximate surface area is 206 Å². The SMILES string of the molecule is CS(=O)(=O)N1CCCC1C(=O)NC(CCOC1CC(CCc2ccc3c(n2)NCCC3)C1)C(=O)O. The summed E-state index contributed by atoms with van der Waals surface area (Å²) in [7, 11) is -3.52. The molecule has 2 unspecified atom stereocenters. The molecule has 1 amide bonds. The molecule has 2 atom stereocenters. The quantitative estimate of drug-likeness (QED) is 0.409. The van der Waals surface area contributed by atoms with Gasteiger partial charge in [0.2, 0.25) is 15.9 Å². The van der Waals surface area contributed by atoms with Crippen LogP contribution in [0.2, 0.25) is 0 Å². The van der Waals surface area contributed by atoms with Gasteiger partial charge in [0.05, 0.1) is 12.4 Å². The number of hydrogen-bond acceptors (Lipinski definition) is 7. The molecule has 3 aliphatic rings. The number of aryl methyl sites for hydroxylation is 2. The van der Waals surface area contributed by atoms with Crippen molar-refractivity contribution in [2.24, 2.45) is 5.92 Å². The van der Waals surface area contributed by atoms with Crippen LogP contribution in [0.1, 0.15) is 56.2 Å². The summed E-state index contributed by atoms with van der Waals surface area (Å²) in [6.45, 7) is 1.49. The minimum atomic E-state index is -3.52. The molecule has 1 aromatic heterocycles. The lowest BCUT2D eigenvalue weighted by atomic mass is 9.79. The van der Waals surface area contributed by atoms with E-state index in [9.17, 15) is 23.1 Å². The molecule has 0 spiro atoms. The van der Waals surface area contributed by atoms with Gasteiger partial charge in [0.25, 0.3) is 0 Å². The van der Waals surface area contributed by atoms with E-state index in [0.29, 0.717) is 18.8 Å². The minimum Gasteiger partial charge on any atom is -0.480 e. The summed E-state index contributed by atoms with van der Waals surface area (Å²) in [5.74, 6) is -0.106. The molecule has 1 saturated heterocycles. The molecule has 35 heavy (non-hydrogen) atoms. The first-order valence-corrected chi connectivity index (χ1v) is 14.4. The zero-order chi connectivity index (χ0) is 25.0. The second-order valence-corrected chi connectivity index (χ2v) is 11.9. The monoisotopic (exact) mass is 508 g/mol. The average Bonchev–Trinajstić information content (AvgIpc) is 3.29. The van der Waals surface area contributed by atoms with Crippen molar-refractivity contribution in [2.75, 3.05) is 31.3 Å². The van der Waals surface area contributed by atoms with E-state index < -0.39 is 34.0 Å². The zero-order valence-corrected chi connectivity index (χ0v) is 21.1. The highest BCUT2D eigenvalue weighted by Crippen LogP contribution is 2.34. The Morgan fingerprint density at radius 2 is 2.11 bits per heavy atom. The number of carbonyl (C=O) groups is 2. The summed E-state index contributed by atoms with van der Waals surface area (Å²) in [4.78, 5) is 28.9. The Morgan fingerprint density at radius 1 is 1.31 bits per heavy atom. The molecule has 0 aromatic carbocycles. The second-order valence-electron chi connectivity index (χ2n) is 9.93. The summed E-state index contributed by atoms with van der Waals surface area (Å²) < 4.78 is 30.7. The van der Waals surface area contributed by atoms with Gasteiger partial charge in [0, 0.05) is 31.8 Å². The van der Waals surface area contributed by atoms with Crippen LogP contribution in [0.25, 0.3) is 0 Å². The normalized spacial score (nSPS) is 25.2. The van der Waals surface area contributed by atoms with E-state index in [1.807, 2.05) is 0 Å². The molecule has 1 aromatic rings. The Bertz CT molecular complexity index is 1030. The van der Waals surface area contributed by atoms with E-state index in [2.05, 4.69) is 22.8 Å². The van der Waals surface area contributed by atoms with Crippen molar-refractivity contribution >= 4 is 27.7 Å². The summed E-state index contributed by atoms with van der Waals surface area (Å²) in [5, 5.41) is 15.4. The van der Waals surface area contributed by atoms with Gasteiger partial charge in [-0.05, 0) is 68.9 Å². The van der Waals surface area contributed by atoms with Gasteiger partial charge in [-0.2, -0.15) is 4.31 Å². The number of carboxylic acids is 1. The number of sulfonamides is 1. The maximum atomic E-state index is 12.6. The number of hydrogen-bond donors (Lipinski definition) is 3. The third-order valence-corrected chi connectivity index (χ3v) is 8.55. The summed E-state index contributed by atoms with van der Waals surface area (Å²) in [5.41, 5.74) is 2.41. The number of rotatable bonds is 11. The number of nitrogens with one attached hydrogen (secondary N) is 2. The molecule has 11 heteroatoms. The Kier molecular flexibility index (Phi) is 8.28. The Balaban J connectivity index is 1.15. The number of amides is 1. The molecule has 3 N–H and O–H groups in total. The van der Waals surface area contributed by atoms with Crippen LogP contribution in [-0.2, 0) is 37.2 Å². The molecule has 4 rings (SSSR count). The lowest BCUT2D eigenvalue weighted by Crippen LogP contribution is -2.51. The van der Waals surface area contributed by atoms with Crippen molar-refractivity contribution in [3.8, 4) is 0 Å². The molecule has 1 aliphatic carbocycles. The molecule has 2 fully saturated rings. The minimum absolute atomic E-state index is 0.110. The zero-order valence-electron chi connectivity index (χ0n) is 20.2. The molecular weight excluding hydrogens is 472 g/mol. The van der Waals surface area contributed by atoms with Gasteiger partial charge in [-0.15, -0.1) is 0 Å². The van der Waals surface area contributed by atoms with Crippen LogP contribution < -0.4 is 10.6 Å². The van der Waals surface area contributed by atoms with Crippen LogP contribution in [0.5, 0.6) is 0 Å². The lowest BCUT2D eigenvalue weighted by Gasteiger charge is -2.35. The van der Waals surface area contributed by atoms with Crippen LogP contribution in [0.3, 0.4) is 0 Å². The maximum Gasteiger partial charge on any atom is 0.326 e. The fourth-order valence-electron chi connectivity index (χ4n) is 5.18. The van der Waals surface area contributed by atoms with E-state index >= 15 is 0 Å². The number of aromatic nitrogens is 1. The highest BCUT2D eigenvalue weighted by molar-refractivity contribution is 7.88. The van der Waals surface area contributed by atoms with E-state index in [-0.39, 0.29) is 25.7 Å². The molecule has 10 nitrogen and oxygen atoms in total. The third kappa shape index (κ3) is 6.71. The summed E-state index contributed by atoms with van der Waals surface area (Å²) >= 11 is 0. The van der Waals surface area contributed by atoms with Gasteiger partial charge in [0.1, 0.15) is 17.9 Å². The van der Waals surface area contributed by atoms with Gasteiger partial charge in [0.15, 0.2) is 0 Å². The molecule has 0 bridgehead atoms. The molecule has 3 heterocycles. The molecule has 194 valence electrons. The average molecular weight is 509 g/mol. The van der Waals surface area contributed by atoms with Crippen molar-refractivity contribution in [2.45, 2.75) is 76.0 Å². The lowest BCUT2D eigenvalue weighted by molar-refractivity contribution is -0.143. The predicted molar refractivity (Wildman–Crippen MR) is 131 cm³/mol. The predicted octanol–water partition coefficient (Wildman–Crippen LogP) is 1.55. The first-order chi connectivity index (χ1) is 16.7. The van der Waals surface area contributed by atoms with Gasteiger partial charge in [-0.3, -0.25) is 4.79 Å². The molecule has 0 radical (unpaired) electrons. The van der Waals surface area contributed by atoms with Gasteiger partial charge in [-0.25, -0.2) is 18.2 Å². The number of pyridine rings is 1. The third-order valence-electron chi connectivity index (χ3n) is 7.26. The number of ether oxygens (including phenoxy) is 1. The largest absolute Gasteiger partial charge is 0.480 e. The smallest absolute Gasteiger partial charge is 0.326 e. The molecule has 2 aliphatic heterocycles. The van der Waals surface area contributed by atoms with Crippen molar-refractivity contribution in [1.29, 1.82) is 0 Å². The van der Waals surface area contributed by atoms with Crippen LogP contribution in [0.4, 0.5) is 5.82 Å². The highest BCUT2D eigenvalue weighted by Gasteiger charge is 2.38. The van der Waals surface area contributed by atoms with Crippen molar-refractivity contribution in [3.63, 3.8) is 0 Å². The van der Waals surface area contributed by atoms with Crippen molar-refractivity contribution < 1.29 is 27.9 Å². The molecule has 1 saturated carbocycles. The fourth-order valence-corrected chi connectivity index (χ4v) is 6.31. The topological polar surface area (TPSA) is 138 Å². The first kappa shape index (κ1) is 25.8. The summed E-state index contributed by atoms with van der Waals surface area (Å²) in [6.07, 6.45) is 8.40. The number of aliphatic carboxylic acids is 1. The van der Waals surface area contributed by atoms with Gasteiger partial charge in [-0.1, -0.05) is 6.07 Å². The van der Waals surface area contributed by atoms with Gasteiger partial charge < -0.3 is 20.5 Å². The highest BCUT2D eigenvalue weighted by atomic mass is 32.2. The first-order valence-electron chi connectivity index (χ1n) is 12.5. The number of nitrogens with zero attached hydrogens (tertiary/aromatic N) is 2. The van der Waals surface area contributed by atoms with Crippen LogP contribution in [0.15, 0.2) is 12.1 Å². The number of carbonyl (C=O) groups excluding carboxylic acids is 1. The van der Waals surface area contributed by atoms with Crippen LogP contribution in [0, 0.1) is 5.92 Å². The Morgan fingerprint density at radius 3 is 2.86 bits per heavy atom. The van der Waals surface area contributed by atoms with E-state index in [0.717, 1.165) is 67.1 Å². The molecular formula is C24H36N4O6S. The standard InChI is InChI=1S/C24H36N4O6S/c1-35(32,33)28-12-3-5-21(28)23(29)27-20(24(30)31)10-13-34-19-14-16(15-19)6-8-18-9-7-17-4-2-11-25-22(17)26-18/h7,9,16,19-21H,2-6,8,10-15H2,1H3,(H,25,26)(H,27,29)(H,30,31). The number of anilines is 1. The fraction of sp³-hybridized carbons (Fsp3) is 0.708.